The highest BCUT2D eigenvalue weighted by atomic mass is 32.2. The van der Waals surface area contributed by atoms with Gasteiger partial charge < -0.3 is 68.9 Å². The van der Waals surface area contributed by atoms with Crippen LogP contribution in [0, 0.1) is 35.0 Å². The maximum atomic E-state index is 10.7. The van der Waals surface area contributed by atoms with Gasteiger partial charge in [-0.3, -0.25) is 24.5 Å². The number of hydrogen-bond donors (Lipinski definition) is 6. The molecule has 1 aliphatic heterocycles. The number of methoxy groups -OCH3 is 5. The van der Waals surface area contributed by atoms with Crippen LogP contribution in [-0.4, -0.2) is 232 Å². The van der Waals surface area contributed by atoms with Gasteiger partial charge in [0, 0.05) is 78.6 Å². The van der Waals surface area contributed by atoms with Gasteiger partial charge in [0.2, 0.25) is 0 Å². The number of carboxylic acids is 1. The van der Waals surface area contributed by atoms with Crippen molar-refractivity contribution in [3.05, 3.63) is 44.3 Å². The number of carbonyl (C=O) groups excluding carboxylic acids is 3. The zero-order chi connectivity index (χ0) is 61.9. The van der Waals surface area contributed by atoms with Crippen LogP contribution in [0.3, 0.4) is 0 Å². The SMILES string of the molecule is C.C#CC.C#COC.CC(=O)O.CC(=O)ON1C(=O)CCC1=O.CCN=[N+]=[N-].CN.CO.COCCOCCO.COCCOCCn1cc(COC)nn1.COCc1cn(CCOCCO)nn1.CS.CSC.C[N+](=O)[O-]. The molecule has 2 aromatic rings. The highest BCUT2D eigenvalue weighted by Gasteiger charge is 2.31. The monoisotopic (exact) mass is 1170 g/mol. The summed E-state index contributed by atoms with van der Waals surface area (Å²) in [7, 11) is 11.3. The van der Waals surface area contributed by atoms with Crippen LogP contribution in [0.2, 0.25) is 0 Å². The molecule has 0 radical (unpaired) electrons. The molecule has 0 aliphatic carbocycles. The van der Waals surface area contributed by atoms with E-state index in [0.717, 1.165) is 39.4 Å². The Morgan fingerprint density at radius 1 is 0.821 bits per heavy atom. The van der Waals surface area contributed by atoms with Gasteiger partial charge in [-0.25, -0.2) is 14.2 Å². The molecule has 1 aliphatic rings. The molecule has 0 aromatic carbocycles. The number of aromatic nitrogens is 6. The molecule has 31 nitrogen and oxygen atoms in total. The van der Waals surface area contributed by atoms with Gasteiger partial charge >= 0.3 is 5.97 Å². The number of nitro groups is 1. The fraction of sp³-hybridized carbons (Fsp3) is 0.733. The van der Waals surface area contributed by atoms with E-state index in [-0.39, 0.29) is 33.5 Å². The average molecular weight is 1170 g/mol. The third-order valence-corrected chi connectivity index (χ3v) is 5.57. The van der Waals surface area contributed by atoms with E-state index < -0.39 is 28.7 Å². The van der Waals surface area contributed by atoms with Crippen molar-refractivity contribution < 1.29 is 87.3 Å². The third kappa shape index (κ3) is 106. The molecule has 33 heteroatoms. The number of nitrogens with two attached hydrogens (primary N) is 1. The Kier molecular flexibility index (Phi) is 117. The second-order valence-electron chi connectivity index (χ2n) is 11.8. The van der Waals surface area contributed by atoms with Gasteiger partial charge in [0.1, 0.15) is 17.5 Å². The van der Waals surface area contributed by atoms with Crippen LogP contribution in [0.4, 0.5) is 0 Å². The zero-order valence-electron chi connectivity index (χ0n) is 47.6. The first-order valence-corrected chi connectivity index (χ1v) is 24.7. The summed E-state index contributed by atoms with van der Waals surface area (Å²) in [5.41, 5.74) is 13.7. The molecule has 1 saturated heterocycles. The van der Waals surface area contributed by atoms with Gasteiger partial charge in [0.25, 0.3) is 17.8 Å². The number of carbonyl (C=O) groups is 4. The number of terminal acetylenes is 2. The number of hydroxylamine groups is 2. The lowest BCUT2D eigenvalue weighted by Crippen LogP contribution is -2.30. The van der Waals surface area contributed by atoms with Gasteiger partial charge in [0.15, 0.2) is 7.05 Å². The number of rotatable bonds is 22. The van der Waals surface area contributed by atoms with Crippen molar-refractivity contribution in [3.8, 4) is 24.9 Å². The molecule has 0 saturated carbocycles. The summed E-state index contributed by atoms with van der Waals surface area (Å²) in [6, 6.07) is 0. The Hall–Kier alpha value is -5.75. The standard InChI is InChI=1S/C9H17N3O3.C8H15N3O3.C6H7NO4.C5H12O3.C3H4O.C3H4.C2H5N3.C2H4O2.C2H6S.CH3NO2.CH5N.CH4O.CH4S.CH4/c1-13-5-6-15-4-3-12-7-9(8-14-2)10-11-12;1-13-7-8-6-11(10-9-8)2-4-14-5-3-12;1-4(8)11-7-5(9)2-3-6(7)10;1-7-4-5-8-3-2-6;1-3-4-2;1-3-2;1-2-4-5-3;1-2(3)4;1-3-2;1-2(3)4;3*1-2;/h7H,3-6,8H2,1-2H3;6,12H,2-5,7H2,1H3;2-3H2,1H3;6H,2-5H2,1H3;1H,2H3;1H,2H3;2H2,1H3;1H3,(H,3,4);1-2H3;1H3;2H2,1H3;2*2H,1H3;1H4. The smallest absolute Gasteiger partial charge is 0.330 e. The predicted octanol–water partition coefficient (Wildman–Crippen LogP) is 2.28. The van der Waals surface area contributed by atoms with E-state index in [1.54, 1.807) is 69.7 Å². The molecule has 78 heavy (non-hydrogen) atoms. The number of thioether (sulfide) groups is 1. The molecule has 1 fully saturated rings. The summed E-state index contributed by atoms with van der Waals surface area (Å²) in [6.45, 7) is 12.9. The Morgan fingerprint density at radius 3 is 1.36 bits per heavy atom. The van der Waals surface area contributed by atoms with Crippen LogP contribution < -0.4 is 5.73 Å². The molecule has 2 amide bonds. The highest BCUT2D eigenvalue weighted by Crippen LogP contribution is 2.11. The summed E-state index contributed by atoms with van der Waals surface area (Å²) in [4.78, 5) is 55.9. The molecule has 2 aromatic heterocycles. The van der Waals surface area contributed by atoms with Crippen molar-refractivity contribution in [2.24, 2.45) is 10.8 Å². The van der Waals surface area contributed by atoms with Crippen LogP contribution in [-0.2, 0) is 88.2 Å². The normalized spacial score (nSPS) is 9.23. The summed E-state index contributed by atoms with van der Waals surface area (Å²) in [5, 5.41) is 59.2. The first-order valence-electron chi connectivity index (χ1n) is 22.1. The van der Waals surface area contributed by atoms with Crippen LogP contribution in [0.15, 0.2) is 17.5 Å². The number of imide groups is 1. The Labute approximate surface area is 471 Å². The number of nitrogens with zero attached hydrogens (tertiary/aromatic N) is 11. The lowest BCUT2D eigenvalue weighted by molar-refractivity contribution is -0.445. The van der Waals surface area contributed by atoms with Gasteiger partial charge in [-0.2, -0.15) is 24.4 Å². The Bertz CT molecular complexity index is 1630. The van der Waals surface area contributed by atoms with Crippen LogP contribution >= 0.6 is 24.4 Å². The number of azide groups is 1. The molecule has 0 atom stereocenters. The highest BCUT2D eigenvalue weighted by molar-refractivity contribution is 7.97. The number of ether oxygens (including phenoxy) is 8. The van der Waals surface area contributed by atoms with Crippen molar-refractivity contribution in [1.29, 1.82) is 0 Å². The van der Waals surface area contributed by atoms with Gasteiger partial charge in [0.05, 0.1) is 112 Å². The van der Waals surface area contributed by atoms with Crippen LogP contribution in [0.25, 0.3) is 10.4 Å². The molecule has 460 valence electrons. The quantitative estimate of drug-likeness (QED) is 0.0113. The minimum absolute atomic E-state index is 0. The summed E-state index contributed by atoms with van der Waals surface area (Å²) >= 11 is 5.28. The van der Waals surface area contributed by atoms with Crippen molar-refractivity contribution >= 4 is 48.1 Å². The van der Waals surface area contributed by atoms with Gasteiger partial charge in [-0.05, 0) is 38.3 Å². The van der Waals surface area contributed by atoms with Gasteiger partial charge in [-0.1, -0.05) is 36.3 Å². The van der Waals surface area contributed by atoms with Crippen molar-refractivity contribution in [1.82, 2.24) is 35.1 Å². The molecule has 0 bridgehead atoms. The fourth-order valence-electron chi connectivity index (χ4n) is 3.21. The van der Waals surface area contributed by atoms with E-state index >= 15 is 0 Å². The summed E-state index contributed by atoms with van der Waals surface area (Å²) in [5.74, 6) is -0.149. The molecular weight excluding hydrogens is 1080 g/mol. The molecule has 0 spiro atoms. The Balaban J connectivity index is -0.0000000737. The summed E-state index contributed by atoms with van der Waals surface area (Å²) in [6.07, 6.45) is 20.8. The molecule has 3 rings (SSSR count). The second-order valence-corrected chi connectivity index (χ2v) is 12.6. The number of amides is 2. The molecule has 3 heterocycles. The lowest BCUT2D eigenvalue weighted by atomic mass is 10.4. The van der Waals surface area contributed by atoms with Crippen LogP contribution in [0.1, 0.15) is 59.4 Å². The number of thiol groups is 1. The van der Waals surface area contributed by atoms with E-state index in [9.17, 15) is 14.4 Å². The number of hydrogen-bond acceptors (Lipinski definition) is 26. The van der Waals surface area contributed by atoms with Crippen molar-refractivity contribution in [2.75, 3.05) is 148 Å². The summed E-state index contributed by atoms with van der Waals surface area (Å²) < 4.78 is 42.1. The topological polar surface area (TPSA) is 415 Å². The minimum Gasteiger partial charge on any atom is -0.481 e. The third-order valence-electron chi connectivity index (χ3n) is 5.57. The number of carboxylic acid groups (broad SMARTS) is 1. The first kappa shape index (κ1) is 97.8. The largest absolute Gasteiger partial charge is 0.481 e. The average Bonchev–Trinajstić information content (AvgIpc) is 4.14. The predicted molar refractivity (Wildman–Crippen MR) is 300 cm³/mol. The minimum atomic E-state index is -0.833. The first-order chi connectivity index (χ1) is 36.9. The number of aliphatic hydroxyl groups excluding tert-OH is 3. The van der Waals surface area contributed by atoms with E-state index in [0.29, 0.717) is 90.8 Å². The van der Waals surface area contributed by atoms with E-state index in [1.807, 2.05) is 31.0 Å². The Morgan fingerprint density at radius 2 is 1.13 bits per heavy atom. The lowest BCUT2D eigenvalue weighted by Gasteiger charge is -2.09. The fourth-order valence-corrected chi connectivity index (χ4v) is 3.21. The van der Waals surface area contributed by atoms with Crippen molar-refractivity contribution in [2.45, 2.75) is 74.3 Å². The van der Waals surface area contributed by atoms with Gasteiger partial charge in [-0.15, -0.1) is 27.6 Å². The van der Waals surface area contributed by atoms with Crippen molar-refractivity contribution in [3.63, 3.8) is 0 Å². The number of aliphatic hydroxyl groups is 3. The molecule has 6 N–H and O–H groups in total. The zero-order valence-corrected chi connectivity index (χ0v) is 49.3. The van der Waals surface area contributed by atoms with E-state index in [2.05, 4.69) is 82.1 Å². The second kappa shape index (κ2) is 93.7. The molecule has 0 unspecified atom stereocenters. The number of aliphatic carboxylic acids is 1. The van der Waals surface area contributed by atoms with E-state index in [4.69, 9.17) is 69.3 Å². The maximum Gasteiger partial charge on any atom is 0.330 e. The van der Waals surface area contributed by atoms with E-state index in [1.165, 1.54) is 14.2 Å². The van der Waals surface area contributed by atoms with Crippen LogP contribution in [0.5, 0.6) is 0 Å². The maximum absolute atomic E-state index is 10.7. The molecular formula is C45H94N12O19S2.